The number of aliphatic hydroxyl groups excluding tert-OH is 1. The van der Waals surface area contributed by atoms with Crippen LogP contribution in [0.2, 0.25) is 0 Å². The number of carbonyl (C=O) groups excluding carboxylic acids is 1. The minimum absolute atomic E-state index is 0.0974. The van der Waals surface area contributed by atoms with E-state index in [2.05, 4.69) is 20.8 Å². The van der Waals surface area contributed by atoms with E-state index in [1.54, 1.807) is 13.8 Å². The maximum Gasteiger partial charge on any atom is 0.147 e. The quantitative estimate of drug-likeness (QED) is 0.824. The highest BCUT2D eigenvalue weighted by atomic mass is 32.2. The fourth-order valence-corrected chi connectivity index (χ4v) is 3.74. The number of nitrogens with zero attached hydrogens (tertiary/aromatic N) is 1. The molecule has 1 aliphatic rings. The minimum atomic E-state index is -0.528. The zero-order valence-electron chi connectivity index (χ0n) is 10.9. The van der Waals surface area contributed by atoms with Crippen LogP contribution < -0.4 is 0 Å². The van der Waals surface area contributed by atoms with E-state index in [9.17, 15) is 9.90 Å². The molecule has 0 aliphatic carbocycles. The molecule has 0 radical (unpaired) electrons. The lowest BCUT2D eigenvalue weighted by molar-refractivity contribution is -0.124. The summed E-state index contributed by atoms with van der Waals surface area (Å²) in [7, 11) is 0. The number of aliphatic hydroxyl groups is 1. The summed E-state index contributed by atoms with van der Waals surface area (Å²) in [6, 6.07) is -0.0974. The Kier molecular flexibility index (Phi) is 4.43. The molecule has 1 heterocycles. The monoisotopic (exact) mass is 245 g/mol. The Bertz CT molecular complexity index is 260. The van der Waals surface area contributed by atoms with Gasteiger partial charge in [-0.2, -0.15) is 11.8 Å². The van der Waals surface area contributed by atoms with Gasteiger partial charge in [0, 0.05) is 16.5 Å². The fraction of sp³-hybridized carbons (Fsp3) is 0.917. The number of Topliss-reactive ketones (excluding diaryl/α,β-unsaturated/α-hetero) is 1. The van der Waals surface area contributed by atoms with Gasteiger partial charge in [0.25, 0.3) is 0 Å². The first kappa shape index (κ1) is 14.0. The standard InChI is InChI=1S/C12H23NO2S/c1-8(14)11-6-10(16-12(3,4)5)7-13(11)9(2)15/h9-11,15H,6-7H2,1-5H3/t9-,10-,11+/m1/s1. The number of hydrogen-bond donors (Lipinski definition) is 1. The van der Waals surface area contributed by atoms with E-state index >= 15 is 0 Å². The van der Waals surface area contributed by atoms with Gasteiger partial charge in [-0.3, -0.25) is 9.69 Å². The van der Waals surface area contributed by atoms with Crippen molar-refractivity contribution in [2.75, 3.05) is 6.54 Å². The van der Waals surface area contributed by atoms with Crippen LogP contribution in [0.25, 0.3) is 0 Å². The second kappa shape index (κ2) is 5.07. The van der Waals surface area contributed by atoms with Gasteiger partial charge in [0.2, 0.25) is 0 Å². The van der Waals surface area contributed by atoms with E-state index in [0.29, 0.717) is 5.25 Å². The number of thioether (sulfide) groups is 1. The van der Waals surface area contributed by atoms with Gasteiger partial charge in [-0.05, 0) is 20.3 Å². The van der Waals surface area contributed by atoms with Gasteiger partial charge >= 0.3 is 0 Å². The Morgan fingerprint density at radius 2 is 2.06 bits per heavy atom. The summed E-state index contributed by atoms with van der Waals surface area (Å²) in [6.45, 7) is 10.7. The highest BCUT2D eigenvalue weighted by Gasteiger charge is 2.38. The number of rotatable bonds is 3. The van der Waals surface area contributed by atoms with Crippen LogP contribution in [0.15, 0.2) is 0 Å². The lowest BCUT2D eigenvalue weighted by atomic mass is 10.1. The summed E-state index contributed by atoms with van der Waals surface area (Å²) in [6.07, 6.45) is 0.335. The average Bonchev–Trinajstić information content (AvgIpc) is 2.44. The van der Waals surface area contributed by atoms with Gasteiger partial charge in [0.05, 0.1) is 6.04 Å². The molecule has 0 spiro atoms. The second-order valence-corrected chi connectivity index (χ2v) is 7.67. The molecule has 0 aromatic rings. The molecule has 1 aliphatic heterocycles. The van der Waals surface area contributed by atoms with E-state index in [4.69, 9.17) is 0 Å². The van der Waals surface area contributed by atoms with Crippen molar-refractivity contribution in [1.29, 1.82) is 0 Å². The molecule has 0 aromatic heterocycles. The van der Waals surface area contributed by atoms with Gasteiger partial charge < -0.3 is 5.11 Å². The SMILES string of the molecule is CC(=O)[C@@H]1C[C@@H](SC(C)(C)C)CN1[C@@H](C)O. The first-order valence-electron chi connectivity index (χ1n) is 5.83. The van der Waals surface area contributed by atoms with Crippen molar-refractivity contribution in [2.24, 2.45) is 0 Å². The third kappa shape index (κ3) is 3.75. The van der Waals surface area contributed by atoms with Gasteiger partial charge in [-0.25, -0.2) is 0 Å². The summed E-state index contributed by atoms with van der Waals surface area (Å²) in [5.41, 5.74) is 0. The third-order valence-corrected chi connectivity index (χ3v) is 4.15. The smallest absolute Gasteiger partial charge is 0.147 e. The Morgan fingerprint density at radius 3 is 2.38 bits per heavy atom. The predicted octanol–water partition coefficient (Wildman–Crippen LogP) is 1.89. The van der Waals surface area contributed by atoms with Gasteiger partial charge in [-0.15, -0.1) is 0 Å². The number of likely N-dealkylation sites (tertiary alicyclic amines) is 1. The summed E-state index contributed by atoms with van der Waals surface area (Å²) >= 11 is 1.90. The van der Waals surface area contributed by atoms with Crippen molar-refractivity contribution in [3.63, 3.8) is 0 Å². The molecule has 0 bridgehead atoms. The van der Waals surface area contributed by atoms with Crippen molar-refractivity contribution in [3.8, 4) is 0 Å². The maximum absolute atomic E-state index is 11.5. The number of carbonyl (C=O) groups is 1. The lowest BCUT2D eigenvalue weighted by Gasteiger charge is -2.25. The fourth-order valence-electron chi connectivity index (χ4n) is 2.22. The van der Waals surface area contributed by atoms with E-state index in [0.717, 1.165) is 13.0 Å². The maximum atomic E-state index is 11.5. The minimum Gasteiger partial charge on any atom is -0.379 e. The molecule has 0 amide bonds. The van der Waals surface area contributed by atoms with Gasteiger partial charge in [0.15, 0.2) is 0 Å². The van der Waals surface area contributed by atoms with Crippen LogP contribution in [0.3, 0.4) is 0 Å². The van der Waals surface area contributed by atoms with Crippen LogP contribution in [0, 0.1) is 0 Å². The second-order valence-electron chi connectivity index (χ2n) is 5.54. The van der Waals surface area contributed by atoms with E-state index in [-0.39, 0.29) is 16.6 Å². The topological polar surface area (TPSA) is 40.5 Å². The molecule has 1 fully saturated rings. The largest absolute Gasteiger partial charge is 0.379 e. The van der Waals surface area contributed by atoms with E-state index in [1.807, 2.05) is 16.7 Å². The molecule has 16 heavy (non-hydrogen) atoms. The zero-order valence-corrected chi connectivity index (χ0v) is 11.7. The predicted molar refractivity (Wildman–Crippen MR) is 68.6 cm³/mol. The molecule has 94 valence electrons. The van der Waals surface area contributed by atoms with Crippen molar-refractivity contribution in [2.45, 2.75) is 63.3 Å². The molecule has 1 saturated heterocycles. The summed E-state index contributed by atoms with van der Waals surface area (Å²) in [4.78, 5) is 13.4. The number of hydrogen-bond acceptors (Lipinski definition) is 4. The molecule has 1 rings (SSSR count). The van der Waals surface area contributed by atoms with E-state index in [1.165, 1.54) is 0 Å². The Morgan fingerprint density at radius 1 is 1.50 bits per heavy atom. The molecular formula is C12H23NO2S. The molecule has 3 nitrogen and oxygen atoms in total. The van der Waals surface area contributed by atoms with Crippen LogP contribution in [0.1, 0.15) is 41.0 Å². The first-order valence-corrected chi connectivity index (χ1v) is 6.71. The van der Waals surface area contributed by atoms with Gasteiger partial charge in [0.1, 0.15) is 12.0 Å². The van der Waals surface area contributed by atoms with Crippen LogP contribution in [-0.4, -0.2) is 44.6 Å². The molecular weight excluding hydrogens is 222 g/mol. The van der Waals surface area contributed by atoms with Crippen LogP contribution in [0.5, 0.6) is 0 Å². The lowest BCUT2D eigenvalue weighted by Crippen LogP contribution is -2.41. The Balaban J connectivity index is 2.66. The Labute approximate surface area is 103 Å². The molecule has 0 aromatic carbocycles. The first-order chi connectivity index (χ1) is 7.20. The number of ketones is 1. The summed E-state index contributed by atoms with van der Waals surface area (Å²) < 4.78 is 0.209. The summed E-state index contributed by atoms with van der Waals surface area (Å²) in [5, 5.41) is 10.1. The van der Waals surface area contributed by atoms with E-state index < -0.39 is 6.23 Å². The van der Waals surface area contributed by atoms with Gasteiger partial charge in [-0.1, -0.05) is 20.8 Å². The highest BCUT2D eigenvalue weighted by Crippen LogP contribution is 2.36. The highest BCUT2D eigenvalue weighted by molar-refractivity contribution is 8.01. The molecule has 1 N–H and O–H groups in total. The molecule has 4 heteroatoms. The van der Waals surface area contributed by atoms with Crippen LogP contribution in [0.4, 0.5) is 0 Å². The van der Waals surface area contributed by atoms with Crippen molar-refractivity contribution >= 4 is 17.5 Å². The van der Waals surface area contributed by atoms with Crippen LogP contribution >= 0.6 is 11.8 Å². The van der Waals surface area contributed by atoms with Crippen molar-refractivity contribution < 1.29 is 9.90 Å². The average molecular weight is 245 g/mol. The normalized spacial score (nSPS) is 29.4. The molecule has 0 saturated carbocycles. The zero-order chi connectivity index (χ0) is 12.5. The van der Waals surface area contributed by atoms with Crippen LogP contribution in [-0.2, 0) is 4.79 Å². The van der Waals surface area contributed by atoms with Crippen molar-refractivity contribution in [1.82, 2.24) is 4.90 Å². The molecule has 3 atom stereocenters. The Hall–Kier alpha value is -0.0600. The molecule has 0 unspecified atom stereocenters. The van der Waals surface area contributed by atoms with Crippen molar-refractivity contribution in [3.05, 3.63) is 0 Å². The third-order valence-electron chi connectivity index (χ3n) is 2.77. The summed E-state index contributed by atoms with van der Waals surface area (Å²) in [5.74, 6) is 0.165.